The summed E-state index contributed by atoms with van der Waals surface area (Å²) in [4.78, 5) is 15.8. The predicted molar refractivity (Wildman–Crippen MR) is 104 cm³/mol. The summed E-state index contributed by atoms with van der Waals surface area (Å²) in [7, 11) is -3.15. The van der Waals surface area contributed by atoms with Crippen molar-refractivity contribution in [3.63, 3.8) is 0 Å². The van der Waals surface area contributed by atoms with Crippen LogP contribution in [0.2, 0.25) is 0 Å². The van der Waals surface area contributed by atoms with Crippen LogP contribution in [0.25, 0.3) is 10.9 Å². The van der Waals surface area contributed by atoms with Crippen LogP contribution in [-0.4, -0.2) is 49.0 Å². The number of hydrogen-bond donors (Lipinski definition) is 2. The van der Waals surface area contributed by atoms with Crippen molar-refractivity contribution >= 4 is 26.8 Å². The fraction of sp³-hybridized carbons (Fsp3) is 0.526. The van der Waals surface area contributed by atoms with E-state index in [2.05, 4.69) is 43.2 Å². The van der Waals surface area contributed by atoms with Gasteiger partial charge in [0.2, 0.25) is 10.0 Å². The number of hydrogen-bond acceptors (Lipinski definition) is 3. The number of sulfonamides is 1. The first-order chi connectivity index (χ1) is 12.0. The smallest absolute Gasteiger partial charge is 0.267 e. The summed E-state index contributed by atoms with van der Waals surface area (Å²) in [5.41, 5.74) is 2.76. The Morgan fingerprint density at radius 1 is 1.19 bits per heavy atom. The minimum Gasteiger partial charge on any atom is -0.351 e. The molecular weight excluding hydrogens is 350 g/mol. The third-order valence-corrected chi connectivity index (χ3v) is 6.29. The first-order valence-electron chi connectivity index (χ1n) is 8.93. The third-order valence-electron chi connectivity index (χ3n) is 4.99. The first kappa shape index (κ1) is 18.9. The summed E-state index contributed by atoms with van der Waals surface area (Å²) in [6.45, 7) is 7.38. The Labute approximate surface area is 155 Å². The minimum atomic E-state index is -3.15. The van der Waals surface area contributed by atoms with Gasteiger partial charge in [-0.25, -0.2) is 12.7 Å². The molecule has 1 fully saturated rings. The van der Waals surface area contributed by atoms with Gasteiger partial charge in [0.1, 0.15) is 5.69 Å². The second-order valence-corrected chi connectivity index (χ2v) is 10.1. The molecule has 0 unspecified atom stereocenters. The fourth-order valence-electron chi connectivity index (χ4n) is 3.31. The molecule has 1 aromatic carbocycles. The van der Waals surface area contributed by atoms with Crippen molar-refractivity contribution < 1.29 is 13.2 Å². The fourth-order valence-corrected chi connectivity index (χ4v) is 4.18. The van der Waals surface area contributed by atoms with Gasteiger partial charge in [0.25, 0.3) is 5.91 Å². The molecule has 1 amide bonds. The number of benzene rings is 1. The van der Waals surface area contributed by atoms with E-state index in [1.165, 1.54) is 16.1 Å². The molecule has 1 saturated heterocycles. The number of nitrogens with zero attached hydrogens (tertiary/aromatic N) is 1. The number of nitrogens with one attached hydrogen (secondary N) is 2. The molecule has 2 heterocycles. The summed E-state index contributed by atoms with van der Waals surface area (Å²) in [5, 5.41) is 4.03. The number of fused-ring (bicyclic) bond motifs is 1. The highest BCUT2D eigenvalue weighted by Gasteiger charge is 2.26. The van der Waals surface area contributed by atoms with Gasteiger partial charge >= 0.3 is 0 Å². The van der Waals surface area contributed by atoms with Crippen molar-refractivity contribution in [1.82, 2.24) is 14.6 Å². The van der Waals surface area contributed by atoms with Crippen molar-refractivity contribution in [3.8, 4) is 0 Å². The van der Waals surface area contributed by atoms with Crippen LogP contribution in [0.5, 0.6) is 0 Å². The van der Waals surface area contributed by atoms with Crippen LogP contribution >= 0.6 is 0 Å². The van der Waals surface area contributed by atoms with Gasteiger partial charge in [0.15, 0.2) is 0 Å². The van der Waals surface area contributed by atoms with Crippen LogP contribution in [0.1, 0.15) is 49.7 Å². The van der Waals surface area contributed by atoms with E-state index in [0.29, 0.717) is 31.6 Å². The number of piperidine rings is 1. The predicted octanol–water partition coefficient (Wildman–Crippen LogP) is 2.62. The molecule has 0 atom stereocenters. The van der Waals surface area contributed by atoms with Gasteiger partial charge in [-0.1, -0.05) is 32.9 Å². The van der Waals surface area contributed by atoms with Crippen molar-refractivity contribution in [2.45, 2.75) is 45.1 Å². The van der Waals surface area contributed by atoms with Gasteiger partial charge < -0.3 is 10.3 Å². The average molecular weight is 378 g/mol. The molecule has 0 saturated carbocycles. The maximum absolute atomic E-state index is 12.6. The topological polar surface area (TPSA) is 82.3 Å². The lowest BCUT2D eigenvalue weighted by atomic mass is 9.87. The van der Waals surface area contributed by atoms with Crippen molar-refractivity contribution in [2.24, 2.45) is 0 Å². The largest absolute Gasteiger partial charge is 0.351 e. The number of rotatable bonds is 3. The van der Waals surface area contributed by atoms with Crippen LogP contribution in [0.3, 0.4) is 0 Å². The van der Waals surface area contributed by atoms with E-state index in [1.807, 2.05) is 12.1 Å². The summed E-state index contributed by atoms with van der Waals surface area (Å²) >= 11 is 0. The Bertz CT molecular complexity index is 917. The summed E-state index contributed by atoms with van der Waals surface area (Å²) < 4.78 is 24.6. The Kier molecular flexibility index (Phi) is 4.88. The van der Waals surface area contributed by atoms with Gasteiger partial charge in [-0.2, -0.15) is 0 Å². The van der Waals surface area contributed by atoms with Gasteiger partial charge in [-0.3, -0.25) is 4.79 Å². The van der Waals surface area contributed by atoms with E-state index in [-0.39, 0.29) is 17.4 Å². The van der Waals surface area contributed by atoms with E-state index in [0.717, 1.165) is 10.9 Å². The van der Waals surface area contributed by atoms with Crippen LogP contribution in [0.15, 0.2) is 24.3 Å². The molecule has 142 valence electrons. The zero-order valence-corrected chi connectivity index (χ0v) is 16.6. The van der Waals surface area contributed by atoms with Crippen LogP contribution < -0.4 is 5.32 Å². The third kappa shape index (κ3) is 4.10. The Morgan fingerprint density at radius 3 is 2.42 bits per heavy atom. The summed E-state index contributed by atoms with van der Waals surface area (Å²) in [6, 6.07) is 8.09. The molecule has 0 spiro atoms. The minimum absolute atomic E-state index is 0.00273. The number of H-pyrrole nitrogens is 1. The number of carbonyl (C=O) groups is 1. The SMILES string of the molecule is CC(C)(C)c1ccc2cc(C(=O)NC3CCN(S(C)(=O)=O)CC3)[nH]c2c1. The van der Waals surface area contributed by atoms with Crippen molar-refractivity contribution in [3.05, 3.63) is 35.5 Å². The number of aromatic nitrogens is 1. The van der Waals surface area contributed by atoms with E-state index < -0.39 is 10.0 Å². The number of carbonyl (C=O) groups excluding carboxylic acids is 1. The maximum atomic E-state index is 12.6. The Balaban J connectivity index is 1.69. The highest BCUT2D eigenvalue weighted by molar-refractivity contribution is 7.88. The molecule has 0 aliphatic carbocycles. The van der Waals surface area contributed by atoms with Crippen LogP contribution in [0, 0.1) is 0 Å². The van der Waals surface area contributed by atoms with Crippen LogP contribution in [0.4, 0.5) is 0 Å². The molecule has 2 N–H and O–H groups in total. The van der Waals surface area contributed by atoms with Gasteiger partial charge in [-0.05, 0) is 36.0 Å². The molecule has 26 heavy (non-hydrogen) atoms. The number of aromatic amines is 1. The van der Waals surface area contributed by atoms with Gasteiger partial charge in [-0.15, -0.1) is 0 Å². The van der Waals surface area contributed by atoms with Crippen LogP contribution in [-0.2, 0) is 15.4 Å². The van der Waals surface area contributed by atoms with Crippen molar-refractivity contribution in [1.29, 1.82) is 0 Å². The zero-order chi connectivity index (χ0) is 19.1. The Morgan fingerprint density at radius 2 is 1.85 bits per heavy atom. The molecular formula is C19H27N3O3S. The molecule has 1 aliphatic heterocycles. The molecule has 0 bridgehead atoms. The molecule has 0 radical (unpaired) electrons. The van der Waals surface area contributed by atoms with Crippen molar-refractivity contribution in [2.75, 3.05) is 19.3 Å². The highest BCUT2D eigenvalue weighted by Crippen LogP contribution is 2.26. The van der Waals surface area contributed by atoms with E-state index in [1.54, 1.807) is 0 Å². The van der Waals surface area contributed by atoms with Gasteiger partial charge in [0, 0.05) is 30.0 Å². The average Bonchev–Trinajstić information content (AvgIpc) is 2.97. The van der Waals surface area contributed by atoms with Gasteiger partial charge in [0.05, 0.1) is 6.26 Å². The zero-order valence-electron chi connectivity index (χ0n) is 15.8. The molecule has 7 heteroatoms. The summed E-state index contributed by atoms with van der Waals surface area (Å²) in [6.07, 6.45) is 2.49. The molecule has 1 aromatic heterocycles. The first-order valence-corrected chi connectivity index (χ1v) is 10.8. The normalized spacial score (nSPS) is 17.5. The standard InChI is InChI=1S/C19H27N3O3S/c1-19(2,3)14-6-5-13-11-17(21-16(13)12-14)18(23)20-15-7-9-22(10-8-15)26(4,24)25/h5-6,11-12,15,21H,7-10H2,1-4H3,(H,20,23). The van der Waals surface area contributed by atoms with E-state index in [9.17, 15) is 13.2 Å². The monoisotopic (exact) mass is 377 g/mol. The second-order valence-electron chi connectivity index (χ2n) is 8.14. The second kappa shape index (κ2) is 6.70. The summed E-state index contributed by atoms with van der Waals surface area (Å²) in [5.74, 6) is -0.142. The molecule has 6 nitrogen and oxygen atoms in total. The lowest BCUT2D eigenvalue weighted by Crippen LogP contribution is -2.46. The maximum Gasteiger partial charge on any atom is 0.267 e. The highest BCUT2D eigenvalue weighted by atomic mass is 32.2. The molecule has 2 aromatic rings. The lowest BCUT2D eigenvalue weighted by molar-refractivity contribution is 0.0919. The van der Waals surface area contributed by atoms with E-state index >= 15 is 0 Å². The molecule has 3 rings (SSSR count). The quantitative estimate of drug-likeness (QED) is 0.863. The molecule has 1 aliphatic rings. The number of amides is 1. The Hall–Kier alpha value is -1.86. The van der Waals surface area contributed by atoms with E-state index in [4.69, 9.17) is 0 Å². The lowest BCUT2D eigenvalue weighted by Gasteiger charge is -2.30.